The molecule has 0 aliphatic carbocycles. The molecule has 0 bridgehead atoms. The van der Waals surface area contributed by atoms with Crippen molar-refractivity contribution in [3.05, 3.63) is 0 Å². The van der Waals surface area contributed by atoms with Gasteiger partial charge in [0.1, 0.15) is 0 Å². The Morgan fingerprint density at radius 1 is 0.900 bits per heavy atom. The summed E-state index contributed by atoms with van der Waals surface area (Å²) in [4.78, 5) is 0. The summed E-state index contributed by atoms with van der Waals surface area (Å²) in [6, 6.07) is 0. The van der Waals surface area contributed by atoms with Crippen molar-refractivity contribution in [3.63, 3.8) is 0 Å². The molecule has 0 atom stereocenters. The Balaban J connectivity index is -0.0000000131. The van der Waals surface area contributed by atoms with Crippen molar-refractivity contribution < 1.29 is 13.1 Å². The van der Waals surface area contributed by atoms with E-state index in [2.05, 4.69) is 0 Å². The third-order valence-corrected chi connectivity index (χ3v) is 0.167. The third kappa shape index (κ3) is 93.6. The zero-order valence-electron chi connectivity index (χ0n) is 4.90. The predicted octanol–water partition coefficient (Wildman–Crippen LogP) is 1.55. The van der Waals surface area contributed by atoms with Crippen LogP contribution in [0.1, 0.15) is 0 Å². The maximum absolute atomic E-state index is 4.90. The molecule has 0 spiro atoms. The van der Waals surface area contributed by atoms with E-state index < -0.39 is 0 Å². The van der Waals surface area contributed by atoms with Gasteiger partial charge in [-0.25, -0.2) is 0 Å². The van der Waals surface area contributed by atoms with Gasteiger partial charge in [0, 0.05) is 13.1 Å². The molecule has 0 saturated carbocycles. The second kappa shape index (κ2) is 44.5. The van der Waals surface area contributed by atoms with E-state index in [-0.39, 0.29) is 50.4 Å². The first-order valence-electron chi connectivity index (χ1n) is 1.58. The van der Waals surface area contributed by atoms with Crippen LogP contribution in [0.15, 0.2) is 0 Å². The van der Waals surface area contributed by atoms with Crippen molar-refractivity contribution in [2.24, 2.45) is 11.5 Å². The van der Waals surface area contributed by atoms with E-state index in [1.807, 2.05) is 0 Å². The van der Waals surface area contributed by atoms with E-state index in [0.29, 0.717) is 13.1 Å². The molecule has 0 aliphatic rings. The molecule has 0 aromatic carbocycles. The summed E-state index contributed by atoms with van der Waals surface area (Å²) in [6.45, 7) is 1.19. The fourth-order valence-corrected chi connectivity index (χ4v) is 0. The summed E-state index contributed by atoms with van der Waals surface area (Å²) in [6.07, 6.45) is 0. The van der Waals surface area contributed by atoms with Crippen LogP contribution < -0.4 is 11.5 Å². The minimum absolute atomic E-state index is 0. The van der Waals surface area contributed by atoms with Gasteiger partial charge in [0.2, 0.25) is 0 Å². The molecule has 0 heterocycles. The Labute approximate surface area is 94.6 Å². The molecule has 0 fully saturated rings. The fourth-order valence-electron chi connectivity index (χ4n) is 0. The average Bonchev–Trinajstić information content (AvgIpc) is 1.69. The van der Waals surface area contributed by atoms with E-state index in [4.69, 9.17) is 31.7 Å². The monoisotopic (exact) mass is 294 g/mol. The van der Waals surface area contributed by atoms with Crippen molar-refractivity contribution in [3.8, 4) is 0 Å². The summed E-state index contributed by atoms with van der Waals surface area (Å²) in [5, 5.41) is 0. The molecule has 72 valence electrons. The SMILES string of the molecule is Cl.Cl.Cl.NCCN.[Cl][Fe][Cl]. The standard InChI is InChI=1S/C2H8N2.5ClH.Fe/c3-1-2-4;;;;;;/h1-4H2;5*1H;/q;;;;;;+2/p-2. The van der Waals surface area contributed by atoms with Crippen LogP contribution in [0.4, 0.5) is 0 Å². The van der Waals surface area contributed by atoms with Crippen LogP contribution in [-0.2, 0) is 13.1 Å². The van der Waals surface area contributed by atoms with E-state index >= 15 is 0 Å². The van der Waals surface area contributed by atoms with Crippen LogP contribution in [0.25, 0.3) is 0 Å². The number of hydrogen-bond donors (Lipinski definition) is 2. The normalized spacial score (nSPS) is 5.20. The molecular weight excluding hydrogens is 285 g/mol. The van der Waals surface area contributed by atoms with Gasteiger partial charge in [0.05, 0.1) is 0 Å². The Morgan fingerprint density at radius 3 is 1.00 bits per heavy atom. The molecule has 0 unspecified atom stereocenters. The molecule has 0 aliphatic heterocycles. The van der Waals surface area contributed by atoms with Gasteiger partial charge in [-0.1, -0.05) is 0 Å². The summed E-state index contributed by atoms with van der Waals surface area (Å²) < 4.78 is 0. The fraction of sp³-hybridized carbons (Fsp3) is 1.00. The molecule has 10 heavy (non-hydrogen) atoms. The minimum atomic E-state index is 0. The topological polar surface area (TPSA) is 52.0 Å². The van der Waals surface area contributed by atoms with Crippen molar-refractivity contribution >= 4 is 57.4 Å². The molecule has 0 rings (SSSR count). The molecule has 4 N–H and O–H groups in total. The van der Waals surface area contributed by atoms with Gasteiger partial charge < -0.3 is 11.5 Å². The zero-order chi connectivity index (χ0) is 6.12. The average molecular weight is 296 g/mol. The molecule has 8 heteroatoms. The Kier molecular flexibility index (Phi) is 132. The van der Waals surface area contributed by atoms with Crippen molar-refractivity contribution in [1.29, 1.82) is 0 Å². The summed E-state index contributed by atoms with van der Waals surface area (Å²) >= 11 is 0.194. The van der Waals surface area contributed by atoms with Crippen LogP contribution in [0, 0.1) is 0 Å². The van der Waals surface area contributed by atoms with E-state index in [1.54, 1.807) is 0 Å². The van der Waals surface area contributed by atoms with Gasteiger partial charge in [-0.15, -0.1) is 37.2 Å². The van der Waals surface area contributed by atoms with Crippen LogP contribution in [0.5, 0.6) is 0 Å². The second-order valence-corrected chi connectivity index (χ2v) is 2.45. The first-order chi connectivity index (χ1) is 3.33. The molecule has 0 aromatic rings. The Bertz CT molecular complexity index is 25.1. The molecule has 0 saturated heterocycles. The van der Waals surface area contributed by atoms with Gasteiger partial charge in [-0.05, 0) is 0 Å². The summed E-state index contributed by atoms with van der Waals surface area (Å²) in [5.41, 5.74) is 9.81. The van der Waals surface area contributed by atoms with Gasteiger partial charge in [-0.3, -0.25) is 0 Å². The van der Waals surface area contributed by atoms with E-state index in [1.165, 1.54) is 0 Å². The first kappa shape index (κ1) is 29.7. The molecule has 2 nitrogen and oxygen atoms in total. The van der Waals surface area contributed by atoms with Gasteiger partial charge in [-0.2, -0.15) is 0 Å². The van der Waals surface area contributed by atoms with E-state index in [9.17, 15) is 0 Å². The second-order valence-electron chi connectivity index (χ2n) is 0.628. The van der Waals surface area contributed by atoms with Crippen LogP contribution in [0.2, 0.25) is 0 Å². The van der Waals surface area contributed by atoms with Crippen LogP contribution in [0.3, 0.4) is 0 Å². The summed E-state index contributed by atoms with van der Waals surface area (Å²) in [7, 11) is 9.53. The number of nitrogens with two attached hydrogens (primary N) is 2. The van der Waals surface area contributed by atoms with Crippen molar-refractivity contribution in [1.82, 2.24) is 0 Å². The Hall–Kier alpha value is 1.89. The van der Waals surface area contributed by atoms with Crippen LogP contribution in [-0.4, -0.2) is 13.1 Å². The quantitative estimate of drug-likeness (QED) is 0.721. The maximum atomic E-state index is 4.90. The number of rotatable bonds is 1. The zero-order valence-corrected chi connectivity index (χ0v) is 9.97. The molecular formula is C2H11Cl5FeN2. The van der Waals surface area contributed by atoms with Gasteiger partial charge in [0.25, 0.3) is 0 Å². The number of halogens is 5. The Morgan fingerprint density at radius 2 is 1.00 bits per heavy atom. The third-order valence-electron chi connectivity index (χ3n) is 0.167. The predicted molar refractivity (Wildman–Crippen MR) is 51.6 cm³/mol. The van der Waals surface area contributed by atoms with E-state index in [0.717, 1.165) is 0 Å². The summed E-state index contributed by atoms with van der Waals surface area (Å²) in [5.74, 6) is 0. The van der Waals surface area contributed by atoms with Crippen molar-refractivity contribution in [2.75, 3.05) is 13.1 Å². The molecule has 0 amide bonds. The number of hydrogen-bond acceptors (Lipinski definition) is 2. The first-order valence-corrected chi connectivity index (χ1v) is 4.62. The van der Waals surface area contributed by atoms with Gasteiger partial charge in [0.15, 0.2) is 0 Å². The molecule has 0 radical (unpaired) electrons. The van der Waals surface area contributed by atoms with Gasteiger partial charge >= 0.3 is 33.3 Å². The van der Waals surface area contributed by atoms with Crippen LogP contribution >= 0.6 is 57.4 Å². The van der Waals surface area contributed by atoms with Crippen molar-refractivity contribution in [2.45, 2.75) is 0 Å². The molecule has 0 aromatic heterocycles.